The maximum atomic E-state index is 12.9. The zero-order valence-corrected chi connectivity index (χ0v) is 22.9. The number of aromatic nitrogens is 3. The van der Waals surface area contributed by atoms with Crippen LogP contribution in [-0.4, -0.2) is 74.9 Å². The van der Waals surface area contributed by atoms with Gasteiger partial charge in [0.15, 0.2) is 11.5 Å². The number of phenolic OH excluding ortho intramolecular Hbond substituents is 2. The average molecular weight is 535 g/mol. The van der Waals surface area contributed by atoms with E-state index >= 15 is 0 Å². The standard InChI is InChI=1S/C29H38N6O4/c1-4-6-15-34(3)29(38)23-17-26(25(37)18-24(23)36)39-28(31-5-2)27-33-32-19-35(27)22-9-7-20(8-10-22)16-21-11-13-30-14-12-21/h7-10,17-19,21,30,36-37H,4-6,11-16H2,1-3H3. The second kappa shape index (κ2) is 13.2. The number of carbonyl (C=O) groups is 1. The second-order valence-electron chi connectivity index (χ2n) is 9.89. The quantitative estimate of drug-likeness (QED) is 0.266. The summed E-state index contributed by atoms with van der Waals surface area (Å²) in [5.74, 6) is 0.148. The number of unbranched alkanes of at least 4 members (excludes halogenated alkanes) is 1. The molecule has 10 nitrogen and oxygen atoms in total. The van der Waals surface area contributed by atoms with Crippen molar-refractivity contribution in [3.8, 4) is 22.9 Å². The van der Waals surface area contributed by atoms with Crippen LogP contribution in [-0.2, 0) is 6.42 Å². The molecule has 1 aliphatic rings. The molecule has 10 heteroatoms. The molecule has 3 N–H and O–H groups in total. The van der Waals surface area contributed by atoms with Crippen molar-refractivity contribution < 1.29 is 19.7 Å². The summed E-state index contributed by atoms with van der Waals surface area (Å²) in [6, 6.07) is 10.7. The summed E-state index contributed by atoms with van der Waals surface area (Å²) in [6.07, 6.45) is 6.80. The third-order valence-corrected chi connectivity index (χ3v) is 6.95. The first-order valence-corrected chi connectivity index (χ1v) is 13.6. The molecule has 4 rings (SSSR count). The van der Waals surface area contributed by atoms with Gasteiger partial charge >= 0.3 is 0 Å². The molecule has 0 radical (unpaired) electrons. The predicted octanol–water partition coefficient (Wildman–Crippen LogP) is 3.94. The number of aliphatic imine (C=N–C) groups is 1. The van der Waals surface area contributed by atoms with Crippen molar-refractivity contribution in [2.75, 3.05) is 33.2 Å². The highest BCUT2D eigenvalue weighted by atomic mass is 16.5. The molecule has 1 fully saturated rings. The van der Waals surface area contributed by atoms with Crippen molar-refractivity contribution in [3.63, 3.8) is 0 Å². The minimum absolute atomic E-state index is 0.0147. The van der Waals surface area contributed by atoms with E-state index in [0.29, 0.717) is 24.8 Å². The van der Waals surface area contributed by atoms with E-state index in [1.807, 2.05) is 26.0 Å². The van der Waals surface area contributed by atoms with Crippen LogP contribution in [0.3, 0.4) is 0 Å². The normalized spacial score (nSPS) is 14.4. The molecule has 208 valence electrons. The topological polar surface area (TPSA) is 125 Å². The number of phenols is 2. The molecule has 3 aromatic rings. The molecule has 0 spiro atoms. The van der Waals surface area contributed by atoms with Gasteiger partial charge < -0.3 is 25.2 Å². The Kier molecular flexibility index (Phi) is 9.54. The summed E-state index contributed by atoms with van der Waals surface area (Å²) in [5, 5.41) is 32.6. The molecule has 1 aromatic heterocycles. The van der Waals surface area contributed by atoms with Gasteiger partial charge in [-0.3, -0.25) is 9.36 Å². The van der Waals surface area contributed by atoms with Crippen LogP contribution in [0.25, 0.3) is 5.69 Å². The Morgan fingerprint density at radius 1 is 1.15 bits per heavy atom. The molecule has 39 heavy (non-hydrogen) atoms. The highest BCUT2D eigenvalue weighted by Gasteiger charge is 2.23. The molecule has 2 heterocycles. The molecular formula is C29H38N6O4. The number of benzene rings is 2. The number of piperidine rings is 1. The zero-order valence-electron chi connectivity index (χ0n) is 22.9. The fourth-order valence-corrected chi connectivity index (χ4v) is 4.69. The number of amides is 1. The van der Waals surface area contributed by atoms with Crippen LogP contribution < -0.4 is 10.1 Å². The molecule has 1 aliphatic heterocycles. The highest BCUT2D eigenvalue weighted by molar-refractivity contribution is 5.98. The molecule has 0 saturated carbocycles. The van der Waals surface area contributed by atoms with Gasteiger partial charge in [-0.2, -0.15) is 0 Å². The van der Waals surface area contributed by atoms with Gasteiger partial charge in [0.2, 0.25) is 5.82 Å². The largest absolute Gasteiger partial charge is 0.507 e. The third kappa shape index (κ3) is 6.94. The molecule has 0 aliphatic carbocycles. The van der Waals surface area contributed by atoms with E-state index in [9.17, 15) is 15.0 Å². The molecule has 1 amide bonds. The van der Waals surface area contributed by atoms with Gasteiger partial charge in [-0.05, 0) is 69.3 Å². The Hall–Kier alpha value is -3.92. The van der Waals surface area contributed by atoms with Crippen molar-refractivity contribution in [3.05, 3.63) is 59.7 Å². The lowest BCUT2D eigenvalue weighted by Crippen LogP contribution is -2.28. The van der Waals surface area contributed by atoms with Crippen LogP contribution in [0.2, 0.25) is 0 Å². The lowest BCUT2D eigenvalue weighted by molar-refractivity contribution is 0.0790. The SMILES string of the molecule is CCCCN(C)C(=O)c1cc(OC(=NCC)c2nncn2-c2ccc(CC3CCNCC3)cc2)c(O)cc1O. The Bertz CT molecular complexity index is 1280. The fraction of sp³-hybridized carbons (Fsp3) is 0.448. The number of aromatic hydroxyl groups is 2. The molecule has 0 atom stereocenters. The zero-order chi connectivity index (χ0) is 27.8. The monoisotopic (exact) mass is 534 g/mol. The first-order valence-electron chi connectivity index (χ1n) is 13.6. The fourth-order valence-electron chi connectivity index (χ4n) is 4.69. The van der Waals surface area contributed by atoms with Gasteiger partial charge in [0, 0.05) is 38.0 Å². The lowest BCUT2D eigenvalue weighted by Gasteiger charge is -2.22. The van der Waals surface area contributed by atoms with E-state index in [-0.39, 0.29) is 34.6 Å². The van der Waals surface area contributed by atoms with Gasteiger partial charge in [-0.15, -0.1) is 10.2 Å². The maximum Gasteiger partial charge on any atom is 0.261 e. The third-order valence-electron chi connectivity index (χ3n) is 6.95. The summed E-state index contributed by atoms with van der Waals surface area (Å²) in [6.45, 7) is 6.99. The number of carbonyl (C=O) groups excluding carboxylic acids is 1. The number of ether oxygens (including phenoxy) is 1. The lowest BCUT2D eigenvalue weighted by atomic mass is 9.91. The minimum atomic E-state index is -0.368. The Morgan fingerprint density at radius 2 is 1.90 bits per heavy atom. The van der Waals surface area contributed by atoms with Gasteiger partial charge in [0.1, 0.15) is 12.1 Å². The first-order chi connectivity index (χ1) is 18.9. The molecule has 1 saturated heterocycles. The Balaban J connectivity index is 1.57. The Labute approximate surface area is 229 Å². The van der Waals surface area contributed by atoms with E-state index in [1.54, 1.807) is 17.9 Å². The number of hydrogen-bond donors (Lipinski definition) is 3. The van der Waals surface area contributed by atoms with Gasteiger partial charge in [-0.1, -0.05) is 25.5 Å². The first kappa shape index (κ1) is 28.1. The van der Waals surface area contributed by atoms with Crippen molar-refractivity contribution in [1.29, 1.82) is 0 Å². The van der Waals surface area contributed by atoms with Crippen molar-refractivity contribution in [2.24, 2.45) is 10.9 Å². The van der Waals surface area contributed by atoms with Crippen molar-refractivity contribution in [1.82, 2.24) is 25.0 Å². The van der Waals surface area contributed by atoms with Gasteiger partial charge in [0.05, 0.1) is 5.56 Å². The smallest absolute Gasteiger partial charge is 0.261 e. The van der Waals surface area contributed by atoms with Gasteiger partial charge in [0.25, 0.3) is 11.8 Å². The van der Waals surface area contributed by atoms with Crippen molar-refractivity contribution >= 4 is 11.8 Å². The summed E-state index contributed by atoms with van der Waals surface area (Å²) >= 11 is 0. The van der Waals surface area contributed by atoms with Gasteiger partial charge in [-0.25, -0.2) is 4.99 Å². The van der Waals surface area contributed by atoms with Crippen LogP contribution in [0, 0.1) is 5.92 Å². The summed E-state index contributed by atoms with van der Waals surface area (Å²) in [7, 11) is 1.68. The molecule has 0 unspecified atom stereocenters. The van der Waals surface area contributed by atoms with Crippen LogP contribution in [0.4, 0.5) is 0 Å². The van der Waals surface area contributed by atoms with Crippen molar-refractivity contribution in [2.45, 2.75) is 46.0 Å². The van der Waals surface area contributed by atoms with E-state index in [4.69, 9.17) is 4.74 Å². The van der Waals surface area contributed by atoms with E-state index in [1.165, 1.54) is 29.4 Å². The highest BCUT2D eigenvalue weighted by Crippen LogP contribution is 2.34. The maximum absolute atomic E-state index is 12.9. The summed E-state index contributed by atoms with van der Waals surface area (Å²) < 4.78 is 7.78. The van der Waals surface area contributed by atoms with E-state index < -0.39 is 0 Å². The number of rotatable bonds is 10. The van der Waals surface area contributed by atoms with E-state index in [2.05, 4.69) is 32.6 Å². The van der Waals surface area contributed by atoms with Crippen LogP contribution in [0.1, 0.15) is 61.3 Å². The van der Waals surface area contributed by atoms with Crippen LogP contribution in [0.15, 0.2) is 47.7 Å². The number of nitrogens with one attached hydrogen (secondary N) is 1. The van der Waals surface area contributed by atoms with Crippen LogP contribution in [0.5, 0.6) is 17.2 Å². The minimum Gasteiger partial charge on any atom is -0.507 e. The molecular weight excluding hydrogens is 496 g/mol. The molecule has 0 bridgehead atoms. The molecule has 2 aromatic carbocycles. The average Bonchev–Trinajstić information content (AvgIpc) is 3.43. The summed E-state index contributed by atoms with van der Waals surface area (Å²) in [5.41, 5.74) is 2.16. The predicted molar refractivity (Wildman–Crippen MR) is 150 cm³/mol. The Morgan fingerprint density at radius 3 is 2.59 bits per heavy atom. The number of nitrogens with zero attached hydrogens (tertiary/aromatic N) is 5. The van der Waals surface area contributed by atoms with Crippen LogP contribution >= 0.6 is 0 Å². The summed E-state index contributed by atoms with van der Waals surface area (Å²) in [4.78, 5) is 18.9. The second-order valence-corrected chi connectivity index (χ2v) is 9.89. The number of hydrogen-bond acceptors (Lipinski definition) is 8. The van der Waals surface area contributed by atoms with E-state index in [0.717, 1.165) is 44.1 Å².